The quantitative estimate of drug-likeness (QED) is 0.350. The highest BCUT2D eigenvalue weighted by Gasteiger charge is 2.35. The zero-order valence-electron chi connectivity index (χ0n) is 16.8. The maximum absolute atomic E-state index is 13.3. The van der Waals surface area contributed by atoms with E-state index in [4.69, 9.17) is 4.98 Å². The van der Waals surface area contributed by atoms with Crippen molar-refractivity contribution in [3.63, 3.8) is 0 Å². The van der Waals surface area contributed by atoms with E-state index < -0.39 is 0 Å². The summed E-state index contributed by atoms with van der Waals surface area (Å²) < 4.78 is 1.66. The second-order valence-electron chi connectivity index (χ2n) is 7.83. The molecule has 0 fully saturated rings. The molecule has 154 valence electrons. The van der Waals surface area contributed by atoms with E-state index in [-0.39, 0.29) is 23.3 Å². The van der Waals surface area contributed by atoms with Crippen molar-refractivity contribution in [3.05, 3.63) is 56.2 Å². The van der Waals surface area contributed by atoms with Crippen LogP contribution in [0.5, 0.6) is 0 Å². The van der Waals surface area contributed by atoms with Gasteiger partial charge in [0, 0.05) is 11.4 Å². The molecule has 6 nitrogen and oxygen atoms in total. The lowest BCUT2D eigenvalue weighted by molar-refractivity contribution is 0.0684. The van der Waals surface area contributed by atoms with Crippen LogP contribution in [-0.4, -0.2) is 32.1 Å². The normalized spacial score (nSPS) is 18.2. The van der Waals surface area contributed by atoms with Crippen LogP contribution in [0.2, 0.25) is 0 Å². The Balaban J connectivity index is 1.49. The number of nitrogens with zero attached hydrogens (tertiary/aromatic N) is 3. The van der Waals surface area contributed by atoms with Crippen molar-refractivity contribution in [2.45, 2.75) is 44.8 Å². The van der Waals surface area contributed by atoms with Crippen molar-refractivity contribution < 1.29 is 9.59 Å². The number of carbonyl (C=O) groups is 2. The summed E-state index contributed by atoms with van der Waals surface area (Å²) in [5.41, 5.74) is 2.02. The molecule has 3 aromatic rings. The molecule has 0 N–H and O–H groups in total. The van der Waals surface area contributed by atoms with Crippen LogP contribution in [0.1, 0.15) is 51.4 Å². The Bertz CT molecular complexity index is 1230. The number of thioether (sulfide) groups is 1. The summed E-state index contributed by atoms with van der Waals surface area (Å²) in [4.78, 5) is 46.6. The molecule has 0 radical (unpaired) electrons. The number of aromatic nitrogens is 2. The molecule has 1 aliphatic heterocycles. The zero-order valence-corrected chi connectivity index (χ0v) is 18.4. The number of rotatable bonds is 4. The Morgan fingerprint density at radius 2 is 1.87 bits per heavy atom. The van der Waals surface area contributed by atoms with Gasteiger partial charge in [-0.1, -0.05) is 30.8 Å². The van der Waals surface area contributed by atoms with Gasteiger partial charge in [0.05, 0.1) is 22.4 Å². The van der Waals surface area contributed by atoms with Crippen molar-refractivity contribution in [3.8, 4) is 0 Å². The third kappa shape index (κ3) is 2.93. The molecule has 30 heavy (non-hydrogen) atoms. The van der Waals surface area contributed by atoms with Crippen LogP contribution in [0.25, 0.3) is 10.2 Å². The summed E-state index contributed by atoms with van der Waals surface area (Å²) in [5, 5.41) is 1.31. The standard InChI is InChI=1S/C22H21N3O3S2/c1-3-24-21(28)17-15-9-8-12(2)10-16(15)30-18(17)23-22(24)29-11-25-19(26)13-6-4-5-7-14(13)20(25)27/h4-7,12H,3,8-11H2,1-2H3. The van der Waals surface area contributed by atoms with Gasteiger partial charge >= 0.3 is 0 Å². The van der Waals surface area contributed by atoms with Crippen LogP contribution >= 0.6 is 23.1 Å². The SMILES string of the molecule is CCn1c(SCN2C(=O)c3ccccc3C2=O)nc2sc3c(c2c1=O)CCC(C)C3. The molecule has 0 spiro atoms. The van der Waals surface area contributed by atoms with Gasteiger partial charge in [-0.25, -0.2) is 4.98 Å². The van der Waals surface area contributed by atoms with Gasteiger partial charge in [-0.3, -0.25) is 23.9 Å². The van der Waals surface area contributed by atoms with Gasteiger partial charge in [0.25, 0.3) is 17.4 Å². The van der Waals surface area contributed by atoms with Gasteiger partial charge in [0.15, 0.2) is 5.16 Å². The highest BCUT2D eigenvalue weighted by molar-refractivity contribution is 7.99. The van der Waals surface area contributed by atoms with Crippen LogP contribution < -0.4 is 5.56 Å². The third-order valence-corrected chi connectivity index (χ3v) is 8.00. The number of benzene rings is 1. The Kier molecular flexibility index (Phi) is 4.78. The molecule has 1 aliphatic carbocycles. The number of carbonyl (C=O) groups excluding carboxylic acids is 2. The van der Waals surface area contributed by atoms with Gasteiger partial charge in [-0.05, 0) is 49.8 Å². The average Bonchev–Trinajstić information content (AvgIpc) is 3.21. The van der Waals surface area contributed by atoms with E-state index in [1.165, 1.54) is 27.1 Å². The lowest BCUT2D eigenvalue weighted by Crippen LogP contribution is -2.30. The maximum atomic E-state index is 13.3. The predicted molar refractivity (Wildman–Crippen MR) is 118 cm³/mol. The Hall–Kier alpha value is -2.45. The van der Waals surface area contributed by atoms with E-state index in [0.717, 1.165) is 29.5 Å². The highest BCUT2D eigenvalue weighted by Crippen LogP contribution is 2.36. The molecule has 5 rings (SSSR count). The van der Waals surface area contributed by atoms with Crippen molar-refractivity contribution in [1.82, 2.24) is 14.5 Å². The predicted octanol–water partition coefficient (Wildman–Crippen LogP) is 3.95. The van der Waals surface area contributed by atoms with Crippen LogP contribution in [0.4, 0.5) is 0 Å². The van der Waals surface area contributed by atoms with Crippen molar-refractivity contribution >= 4 is 45.1 Å². The monoisotopic (exact) mass is 439 g/mol. The summed E-state index contributed by atoms with van der Waals surface area (Å²) in [6.45, 7) is 4.66. The van der Waals surface area contributed by atoms with Gasteiger partial charge in [-0.15, -0.1) is 11.3 Å². The summed E-state index contributed by atoms with van der Waals surface area (Å²) in [5.74, 6) is 0.166. The molecule has 0 saturated carbocycles. The lowest BCUT2D eigenvalue weighted by Gasteiger charge is -2.18. The van der Waals surface area contributed by atoms with Gasteiger partial charge in [0.1, 0.15) is 4.83 Å². The second-order valence-corrected chi connectivity index (χ2v) is 9.83. The molecule has 3 heterocycles. The minimum Gasteiger partial charge on any atom is -0.287 e. The minimum atomic E-state index is -0.296. The molecule has 2 amide bonds. The molecule has 2 aliphatic rings. The summed E-state index contributed by atoms with van der Waals surface area (Å²) in [7, 11) is 0. The van der Waals surface area contributed by atoms with Crippen molar-refractivity contribution in [1.29, 1.82) is 0 Å². The van der Waals surface area contributed by atoms with E-state index in [0.29, 0.717) is 28.7 Å². The molecule has 1 unspecified atom stereocenters. The fraction of sp³-hybridized carbons (Fsp3) is 0.364. The van der Waals surface area contributed by atoms with E-state index in [9.17, 15) is 14.4 Å². The molecular formula is C22H21N3O3S2. The van der Waals surface area contributed by atoms with Crippen LogP contribution in [-0.2, 0) is 19.4 Å². The zero-order chi connectivity index (χ0) is 21.0. The Morgan fingerprint density at radius 1 is 1.17 bits per heavy atom. The molecule has 8 heteroatoms. The first-order valence-corrected chi connectivity index (χ1v) is 11.9. The van der Waals surface area contributed by atoms with Crippen LogP contribution in [0, 0.1) is 5.92 Å². The number of fused-ring (bicyclic) bond motifs is 4. The van der Waals surface area contributed by atoms with Gasteiger partial charge < -0.3 is 0 Å². The number of imide groups is 1. The molecule has 0 bridgehead atoms. The maximum Gasteiger partial charge on any atom is 0.263 e. The minimum absolute atomic E-state index is 0.0144. The largest absolute Gasteiger partial charge is 0.287 e. The van der Waals surface area contributed by atoms with Crippen LogP contribution in [0.15, 0.2) is 34.2 Å². The third-order valence-electron chi connectivity index (χ3n) is 5.90. The highest BCUT2D eigenvalue weighted by atomic mass is 32.2. The first-order valence-electron chi connectivity index (χ1n) is 10.1. The lowest BCUT2D eigenvalue weighted by atomic mass is 9.89. The van der Waals surface area contributed by atoms with Gasteiger partial charge in [-0.2, -0.15) is 0 Å². The van der Waals surface area contributed by atoms with Crippen molar-refractivity contribution in [2.75, 3.05) is 5.88 Å². The molecular weight excluding hydrogens is 418 g/mol. The summed E-state index contributed by atoms with van der Waals surface area (Å²) in [6.07, 6.45) is 3.03. The number of aryl methyl sites for hydroxylation is 1. The molecule has 1 atom stereocenters. The first kappa shape index (κ1) is 19.5. The first-order chi connectivity index (χ1) is 14.5. The van der Waals surface area contributed by atoms with E-state index in [1.54, 1.807) is 40.2 Å². The number of hydrogen-bond donors (Lipinski definition) is 0. The number of thiophene rings is 1. The van der Waals surface area contributed by atoms with Gasteiger partial charge in [0.2, 0.25) is 0 Å². The molecule has 1 aromatic carbocycles. The molecule has 0 saturated heterocycles. The Labute approximate surface area is 181 Å². The fourth-order valence-electron chi connectivity index (χ4n) is 4.27. The van der Waals surface area contributed by atoms with Crippen LogP contribution in [0.3, 0.4) is 0 Å². The Morgan fingerprint density at radius 3 is 2.53 bits per heavy atom. The average molecular weight is 440 g/mol. The number of amides is 2. The second kappa shape index (κ2) is 7.35. The summed E-state index contributed by atoms with van der Waals surface area (Å²) >= 11 is 2.88. The van der Waals surface area contributed by atoms with E-state index >= 15 is 0 Å². The summed E-state index contributed by atoms with van der Waals surface area (Å²) in [6, 6.07) is 6.85. The van der Waals surface area contributed by atoms with Crippen molar-refractivity contribution in [2.24, 2.45) is 5.92 Å². The number of hydrogen-bond acceptors (Lipinski definition) is 6. The topological polar surface area (TPSA) is 72.3 Å². The fourth-order valence-corrected chi connectivity index (χ4v) is 6.71. The van der Waals surface area contributed by atoms with E-state index in [2.05, 4.69) is 6.92 Å². The molecule has 2 aromatic heterocycles. The van der Waals surface area contributed by atoms with E-state index in [1.807, 2.05) is 6.92 Å². The smallest absolute Gasteiger partial charge is 0.263 e.